The molecule has 22 heavy (non-hydrogen) atoms. The van der Waals surface area contributed by atoms with Crippen LogP contribution >= 0.6 is 0 Å². The van der Waals surface area contributed by atoms with Crippen LogP contribution in [-0.4, -0.2) is 37.1 Å². The van der Waals surface area contributed by atoms with E-state index in [4.69, 9.17) is 0 Å². The minimum Gasteiger partial charge on any atom is -0.396 e. The van der Waals surface area contributed by atoms with Crippen molar-refractivity contribution in [1.29, 1.82) is 0 Å². The second-order valence-corrected chi connectivity index (χ2v) is 5.52. The molecule has 0 aliphatic carbocycles. The molecule has 0 radical (unpaired) electrons. The van der Waals surface area contributed by atoms with E-state index in [-0.39, 0.29) is 23.8 Å². The first-order chi connectivity index (χ1) is 10.5. The molecule has 3 N–H and O–H groups in total. The van der Waals surface area contributed by atoms with Gasteiger partial charge in [-0.1, -0.05) is 19.9 Å². The van der Waals surface area contributed by atoms with Crippen LogP contribution < -0.4 is 10.6 Å². The van der Waals surface area contributed by atoms with E-state index >= 15 is 0 Å². The van der Waals surface area contributed by atoms with Gasteiger partial charge in [0.1, 0.15) is 0 Å². The van der Waals surface area contributed by atoms with Crippen molar-refractivity contribution < 1.29 is 14.7 Å². The first kappa shape index (κ1) is 18.2. The summed E-state index contributed by atoms with van der Waals surface area (Å²) in [5.41, 5.74) is 0.844. The van der Waals surface area contributed by atoms with Crippen LogP contribution in [0.3, 0.4) is 0 Å². The standard InChI is InChI=1S/C17H26N2O3/c1-4-17(5-2,9-10-20)12-19-16(22)14-8-6-7-13(11-14)15(21)18-3/h6-8,11,20H,4-5,9-10,12H2,1-3H3,(H,18,21)(H,19,22). The van der Waals surface area contributed by atoms with Gasteiger partial charge >= 0.3 is 0 Å². The average Bonchev–Trinajstić information content (AvgIpc) is 2.57. The number of hydrogen-bond acceptors (Lipinski definition) is 3. The molecule has 0 bridgehead atoms. The molecule has 0 aliphatic heterocycles. The third kappa shape index (κ3) is 4.56. The van der Waals surface area contributed by atoms with Crippen LogP contribution in [0.1, 0.15) is 53.8 Å². The number of nitrogens with one attached hydrogen (secondary N) is 2. The molecular formula is C17H26N2O3. The van der Waals surface area contributed by atoms with Gasteiger partial charge in [0.25, 0.3) is 11.8 Å². The Bertz CT molecular complexity index is 510. The molecule has 0 spiro atoms. The molecule has 0 saturated carbocycles. The molecule has 0 unspecified atom stereocenters. The van der Waals surface area contributed by atoms with Crippen molar-refractivity contribution in [3.05, 3.63) is 35.4 Å². The van der Waals surface area contributed by atoms with Crippen molar-refractivity contribution in [1.82, 2.24) is 10.6 Å². The summed E-state index contributed by atoms with van der Waals surface area (Å²) in [7, 11) is 1.56. The highest BCUT2D eigenvalue weighted by Crippen LogP contribution is 2.29. The van der Waals surface area contributed by atoms with Crippen LogP contribution in [0.2, 0.25) is 0 Å². The van der Waals surface area contributed by atoms with Crippen LogP contribution in [-0.2, 0) is 0 Å². The highest BCUT2D eigenvalue weighted by Gasteiger charge is 2.26. The Morgan fingerprint density at radius 1 is 1.14 bits per heavy atom. The van der Waals surface area contributed by atoms with Gasteiger partial charge in [0, 0.05) is 31.3 Å². The van der Waals surface area contributed by atoms with E-state index in [1.807, 2.05) is 0 Å². The lowest BCUT2D eigenvalue weighted by Crippen LogP contribution is -2.37. The Kier molecular flexibility index (Phi) is 7.05. The molecule has 1 aromatic rings. The smallest absolute Gasteiger partial charge is 0.251 e. The Balaban J connectivity index is 2.78. The molecule has 1 rings (SSSR count). The fourth-order valence-electron chi connectivity index (χ4n) is 2.49. The zero-order valence-electron chi connectivity index (χ0n) is 13.6. The van der Waals surface area contributed by atoms with Crippen LogP contribution in [0.5, 0.6) is 0 Å². The fourth-order valence-corrected chi connectivity index (χ4v) is 2.49. The lowest BCUT2D eigenvalue weighted by molar-refractivity contribution is 0.0907. The molecule has 0 fully saturated rings. The maximum Gasteiger partial charge on any atom is 0.251 e. The zero-order chi connectivity index (χ0) is 16.6. The maximum atomic E-state index is 12.3. The SMILES string of the molecule is CCC(CC)(CCO)CNC(=O)c1cccc(C(=O)NC)c1. The molecule has 0 saturated heterocycles. The van der Waals surface area contributed by atoms with Gasteiger partial charge in [-0.25, -0.2) is 0 Å². The van der Waals surface area contributed by atoms with Crippen molar-refractivity contribution in [3.63, 3.8) is 0 Å². The van der Waals surface area contributed by atoms with Crippen molar-refractivity contribution in [3.8, 4) is 0 Å². The minimum atomic E-state index is -0.216. The molecule has 1 aromatic carbocycles. The van der Waals surface area contributed by atoms with Crippen LogP contribution in [0.25, 0.3) is 0 Å². The number of hydrogen-bond donors (Lipinski definition) is 3. The molecule has 2 amide bonds. The van der Waals surface area contributed by atoms with E-state index in [1.165, 1.54) is 0 Å². The number of aliphatic hydroxyl groups is 1. The van der Waals surface area contributed by atoms with E-state index in [0.29, 0.717) is 24.1 Å². The lowest BCUT2D eigenvalue weighted by Gasteiger charge is -2.31. The number of carbonyl (C=O) groups excluding carboxylic acids is 2. The normalized spacial score (nSPS) is 11.1. The summed E-state index contributed by atoms with van der Waals surface area (Å²) in [6, 6.07) is 6.64. The Hall–Kier alpha value is -1.88. The minimum absolute atomic E-state index is 0.0805. The second-order valence-electron chi connectivity index (χ2n) is 5.52. The van der Waals surface area contributed by atoms with Crippen molar-refractivity contribution >= 4 is 11.8 Å². The Morgan fingerprint density at radius 2 is 1.73 bits per heavy atom. The summed E-state index contributed by atoms with van der Waals surface area (Å²) in [6.07, 6.45) is 2.45. The number of carbonyl (C=O) groups is 2. The quantitative estimate of drug-likeness (QED) is 0.687. The van der Waals surface area contributed by atoms with E-state index in [0.717, 1.165) is 12.8 Å². The molecule has 0 aromatic heterocycles. The van der Waals surface area contributed by atoms with Crippen molar-refractivity contribution in [2.75, 3.05) is 20.2 Å². The van der Waals surface area contributed by atoms with Gasteiger partial charge in [0.15, 0.2) is 0 Å². The molecule has 5 heteroatoms. The van der Waals surface area contributed by atoms with Crippen molar-refractivity contribution in [2.24, 2.45) is 5.41 Å². The van der Waals surface area contributed by atoms with Crippen LogP contribution in [0, 0.1) is 5.41 Å². The average molecular weight is 306 g/mol. The van der Waals surface area contributed by atoms with Crippen LogP contribution in [0.4, 0.5) is 0 Å². The molecule has 5 nitrogen and oxygen atoms in total. The number of benzene rings is 1. The van der Waals surface area contributed by atoms with Gasteiger partial charge in [0.2, 0.25) is 0 Å². The van der Waals surface area contributed by atoms with Crippen LogP contribution in [0.15, 0.2) is 24.3 Å². The highest BCUT2D eigenvalue weighted by molar-refractivity contribution is 5.99. The molecule has 0 aliphatic rings. The Morgan fingerprint density at radius 3 is 2.23 bits per heavy atom. The number of aliphatic hydroxyl groups excluding tert-OH is 1. The first-order valence-electron chi connectivity index (χ1n) is 7.73. The highest BCUT2D eigenvalue weighted by atomic mass is 16.3. The summed E-state index contributed by atoms with van der Waals surface area (Å²) in [6.45, 7) is 4.77. The molecule has 122 valence electrons. The predicted molar refractivity (Wildman–Crippen MR) is 86.9 cm³/mol. The summed E-state index contributed by atoms with van der Waals surface area (Å²) in [4.78, 5) is 23.9. The molecule has 0 atom stereocenters. The largest absolute Gasteiger partial charge is 0.396 e. The second kappa shape index (κ2) is 8.54. The summed E-state index contributed by atoms with van der Waals surface area (Å²) in [5, 5.41) is 14.7. The number of amides is 2. The molecule has 0 heterocycles. The fraction of sp³-hybridized carbons (Fsp3) is 0.529. The topological polar surface area (TPSA) is 78.4 Å². The monoisotopic (exact) mass is 306 g/mol. The maximum absolute atomic E-state index is 12.3. The predicted octanol–water partition coefficient (Wildman–Crippen LogP) is 1.96. The Labute approximate surface area is 132 Å². The number of rotatable bonds is 8. The van der Waals surface area contributed by atoms with E-state index in [9.17, 15) is 14.7 Å². The van der Waals surface area contributed by atoms with Gasteiger partial charge in [-0.15, -0.1) is 0 Å². The summed E-state index contributed by atoms with van der Waals surface area (Å²) >= 11 is 0. The van der Waals surface area contributed by atoms with Gasteiger partial charge in [-0.3, -0.25) is 9.59 Å². The third-order valence-corrected chi connectivity index (χ3v) is 4.38. The van der Waals surface area contributed by atoms with Gasteiger partial charge in [-0.05, 0) is 42.9 Å². The van der Waals surface area contributed by atoms with Gasteiger partial charge in [-0.2, -0.15) is 0 Å². The zero-order valence-corrected chi connectivity index (χ0v) is 13.6. The van der Waals surface area contributed by atoms with Gasteiger partial charge < -0.3 is 15.7 Å². The van der Waals surface area contributed by atoms with E-state index in [2.05, 4.69) is 24.5 Å². The summed E-state index contributed by atoms with van der Waals surface area (Å²) in [5.74, 6) is -0.415. The lowest BCUT2D eigenvalue weighted by atomic mass is 9.79. The van der Waals surface area contributed by atoms with Gasteiger partial charge in [0.05, 0.1) is 0 Å². The van der Waals surface area contributed by atoms with E-state index in [1.54, 1.807) is 31.3 Å². The molecular weight excluding hydrogens is 280 g/mol. The van der Waals surface area contributed by atoms with Crippen molar-refractivity contribution in [2.45, 2.75) is 33.1 Å². The first-order valence-corrected chi connectivity index (χ1v) is 7.73. The third-order valence-electron chi connectivity index (χ3n) is 4.38. The summed E-state index contributed by atoms with van der Waals surface area (Å²) < 4.78 is 0. The van der Waals surface area contributed by atoms with E-state index < -0.39 is 0 Å².